The highest BCUT2D eigenvalue weighted by molar-refractivity contribution is 5.71. The maximum absolute atomic E-state index is 12.8. The van der Waals surface area contributed by atoms with E-state index in [4.69, 9.17) is 14.2 Å². The molecule has 0 aliphatic carbocycles. The van der Waals surface area contributed by atoms with Gasteiger partial charge in [-0.3, -0.25) is 14.4 Å². The SMILES string of the molecule is CCC/C=C\C/C=C\CCCCCCCC(=O)OCC(COC(=O)CCCCCCCC/C=C\C/C=C\C/C=C\CCCCCCC)OC(=O)CCCCCCC/C=C\CCCCCCC. The van der Waals surface area contributed by atoms with Gasteiger partial charge in [0.2, 0.25) is 0 Å². The predicted molar refractivity (Wildman–Crippen MR) is 284 cm³/mol. The zero-order valence-corrected chi connectivity index (χ0v) is 43.4. The molecule has 0 spiro atoms. The molecule has 0 saturated heterocycles. The van der Waals surface area contributed by atoms with Crippen LogP contribution in [0.5, 0.6) is 0 Å². The van der Waals surface area contributed by atoms with Crippen LogP contribution in [0.25, 0.3) is 0 Å². The molecule has 0 heterocycles. The molecule has 0 aliphatic heterocycles. The standard InChI is InChI=1S/C60H104O6/c1-4-7-10-13-16-19-22-25-27-28-29-30-31-32-33-36-38-41-44-47-50-53-59(62)65-56-57(55-64-58(61)52-49-46-43-40-37-34-24-21-18-15-12-9-6-3)66-60(63)54-51-48-45-42-39-35-26-23-20-17-14-11-8-5-2/h12,15,21-26,28-29,31-32,57H,4-11,13-14,16-20,27,30,33-56H2,1-3H3/b15-12-,24-21-,25-22-,26-23-,29-28-,32-31-. The van der Waals surface area contributed by atoms with Gasteiger partial charge in [0.15, 0.2) is 6.10 Å². The summed E-state index contributed by atoms with van der Waals surface area (Å²) in [5.74, 6) is -0.920. The Morgan fingerprint density at radius 2 is 0.576 bits per heavy atom. The first-order valence-corrected chi connectivity index (χ1v) is 27.9. The van der Waals surface area contributed by atoms with Crippen molar-refractivity contribution in [2.75, 3.05) is 13.2 Å². The lowest BCUT2D eigenvalue weighted by molar-refractivity contribution is -0.167. The number of unbranched alkanes of at least 4 members (excludes halogenated alkanes) is 27. The Labute approximate surface area is 408 Å². The van der Waals surface area contributed by atoms with E-state index in [1.165, 1.54) is 109 Å². The summed E-state index contributed by atoms with van der Waals surface area (Å²) >= 11 is 0. The molecular formula is C60H104O6. The summed E-state index contributed by atoms with van der Waals surface area (Å²) < 4.78 is 16.8. The van der Waals surface area contributed by atoms with Gasteiger partial charge in [-0.15, -0.1) is 0 Å². The molecule has 66 heavy (non-hydrogen) atoms. The molecule has 0 fully saturated rings. The fourth-order valence-electron chi connectivity index (χ4n) is 7.66. The van der Waals surface area contributed by atoms with Crippen LogP contribution in [0, 0.1) is 0 Å². The van der Waals surface area contributed by atoms with Gasteiger partial charge in [-0.2, -0.15) is 0 Å². The van der Waals surface area contributed by atoms with Gasteiger partial charge in [0.05, 0.1) is 0 Å². The van der Waals surface area contributed by atoms with Crippen LogP contribution in [0.2, 0.25) is 0 Å². The van der Waals surface area contributed by atoms with Crippen molar-refractivity contribution in [3.05, 3.63) is 72.9 Å². The first kappa shape index (κ1) is 62.8. The number of esters is 3. The van der Waals surface area contributed by atoms with Crippen LogP contribution in [-0.4, -0.2) is 37.2 Å². The van der Waals surface area contributed by atoms with Gasteiger partial charge in [-0.1, -0.05) is 216 Å². The van der Waals surface area contributed by atoms with Crippen molar-refractivity contribution in [1.29, 1.82) is 0 Å². The number of hydrogen-bond acceptors (Lipinski definition) is 6. The topological polar surface area (TPSA) is 78.9 Å². The summed E-state index contributed by atoms with van der Waals surface area (Å²) in [7, 11) is 0. The Balaban J connectivity index is 4.39. The van der Waals surface area contributed by atoms with Gasteiger partial charge >= 0.3 is 17.9 Å². The summed E-state index contributed by atoms with van der Waals surface area (Å²) in [5.41, 5.74) is 0. The number of hydrogen-bond donors (Lipinski definition) is 0. The largest absolute Gasteiger partial charge is 0.462 e. The second kappa shape index (κ2) is 54.5. The monoisotopic (exact) mass is 921 g/mol. The minimum absolute atomic E-state index is 0.0901. The highest BCUT2D eigenvalue weighted by Crippen LogP contribution is 2.14. The lowest BCUT2D eigenvalue weighted by Gasteiger charge is -2.18. The molecule has 1 unspecified atom stereocenters. The van der Waals surface area contributed by atoms with E-state index >= 15 is 0 Å². The van der Waals surface area contributed by atoms with Gasteiger partial charge in [0, 0.05) is 19.3 Å². The molecule has 6 nitrogen and oxygen atoms in total. The fraction of sp³-hybridized carbons (Fsp3) is 0.750. The molecule has 1 atom stereocenters. The summed E-state index contributed by atoms with van der Waals surface area (Å²) in [5, 5.41) is 0. The molecule has 0 amide bonds. The maximum atomic E-state index is 12.8. The van der Waals surface area contributed by atoms with E-state index in [-0.39, 0.29) is 31.1 Å². The lowest BCUT2D eigenvalue weighted by Crippen LogP contribution is -2.30. The minimum atomic E-state index is -0.791. The molecule has 0 rings (SSSR count). The van der Waals surface area contributed by atoms with Crippen molar-refractivity contribution in [3.8, 4) is 0 Å². The molecule has 0 saturated carbocycles. The average molecular weight is 921 g/mol. The summed E-state index contributed by atoms with van der Waals surface area (Å²) in [6.45, 7) is 6.53. The molecule has 0 aromatic heterocycles. The number of ether oxygens (including phenoxy) is 3. The number of carbonyl (C=O) groups is 3. The van der Waals surface area contributed by atoms with E-state index in [0.29, 0.717) is 19.3 Å². The summed E-state index contributed by atoms with van der Waals surface area (Å²) in [4.78, 5) is 38.1. The van der Waals surface area contributed by atoms with Gasteiger partial charge < -0.3 is 14.2 Å². The van der Waals surface area contributed by atoms with Crippen LogP contribution < -0.4 is 0 Å². The van der Waals surface area contributed by atoms with E-state index < -0.39 is 6.10 Å². The molecule has 0 radical (unpaired) electrons. The van der Waals surface area contributed by atoms with Gasteiger partial charge in [-0.05, 0) is 109 Å². The van der Waals surface area contributed by atoms with Crippen molar-refractivity contribution >= 4 is 17.9 Å². The van der Waals surface area contributed by atoms with Gasteiger partial charge in [-0.25, -0.2) is 0 Å². The first-order valence-electron chi connectivity index (χ1n) is 27.9. The van der Waals surface area contributed by atoms with Crippen molar-refractivity contribution in [3.63, 3.8) is 0 Å². The molecule has 380 valence electrons. The molecule has 0 aromatic rings. The Kier molecular flexibility index (Phi) is 51.9. The Morgan fingerprint density at radius 3 is 0.924 bits per heavy atom. The van der Waals surface area contributed by atoms with Crippen molar-refractivity contribution in [2.24, 2.45) is 0 Å². The van der Waals surface area contributed by atoms with E-state index in [9.17, 15) is 14.4 Å². The maximum Gasteiger partial charge on any atom is 0.306 e. The average Bonchev–Trinajstić information content (AvgIpc) is 3.31. The van der Waals surface area contributed by atoms with Gasteiger partial charge in [0.25, 0.3) is 0 Å². The minimum Gasteiger partial charge on any atom is -0.462 e. The molecule has 6 heteroatoms. The smallest absolute Gasteiger partial charge is 0.306 e. The Bertz CT molecular complexity index is 1240. The molecule has 0 bridgehead atoms. The molecular weight excluding hydrogens is 817 g/mol. The van der Waals surface area contributed by atoms with E-state index in [2.05, 4.69) is 93.7 Å². The lowest BCUT2D eigenvalue weighted by atomic mass is 10.1. The van der Waals surface area contributed by atoms with Crippen molar-refractivity contribution < 1.29 is 28.6 Å². The van der Waals surface area contributed by atoms with E-state index in [1.54, 1.807) is 0 Å². The van der Waals surface area contributed by atoms with Crippen LogP contribution in [0.1, 0.15) is 271 Å². The van der Waals surface area contributed by atoms with Crippen molar-refractivity contribution in [1.82, 2.24) is 0 Å². The zero-order chi connectivity index (χ0) is 47.9. The van der Waals surface area contributed by atoms with Crippen LogP contribution in [0.15, 0.2) is 72.9 Å². The fourth-order valence-corrected chi connectivity index (χ4v) is 7.66. The van der Waals surface area contributed by atoms with E-state index in [0.717, 1.165) is 122 Å². The van der Waals surface area contributed by atoms with Crippen LogP contribution >= 0.6 is 0 Å². The Hall–Kier alpha value is -3.15. The molecule has 0 aliphatic rings. The van der Waals surface area contributed by atoms with Crippen LogP contribution in [0.4, 0.5) is 0 Å². The molecule has 0 aromatic carbocycles. The normalized spacial score (nSPS) is 12.6. The van der Waals surface area contributed by atoms with E-state index in [1.807, 2.05) is 0 Å². The van der Waals surface area contributed by atoms with Crippen molar-refractivity contribution in [2.45, 2.75) is 277 Å². The predicted octanol–water partition coefficient (Wildman–Crippen LogP) is 18.6. The quantitative estimate of drug-likeness (QED) is 0.0262. The van der Waals surface area contributed by atoms with Crippen LogP contribution in [-0.2, 0) is 28.6 Å². The second-order valence-electron chi connectivity index (χ2n) is 18.5. The number of allylic oxidation sites excluding steroid dienone is 12. The third-order valence-electron chi connectivity index (χ3n) is 11.9. The second-order valence-corrected chi connectivity index (χ2v) is 18.5. The third kappa shape index (κ3) is 51.8. The highest BCUT2D eigenvalue weighted by atomic mass is 16.6. The van der Waals surface area contributed by atoms with Crippen LogP contribution in [0.3, 0.4) is 0 Å². The summed E-state index contributed by atoms with van der Waals surface area (Å²) in [6.07, 6.45) is 68.8. The molecule has 0 N–H and O–H groups in total. The highest BCUT2D eigenvalue weighted by Gasteiger charge is 2.19. The summed E-state index contributed by atoms with van der Waals surface area (Å²) in [6, 6.07) is 0. The number of rotatable bonds is 50. The number of carbonyl (C=O) groups excluding carboxylic acids is 3. The Morgan fingerprint density at radius 1 is 0.303 bits per heavy atom. The zero-order valence-electron chi connectivity index (χ0n) is 43.4. The first-order chi connectivity index (χ1) is 32.5. The van der Waals surface area contributed by atoms with Gasteiger partial charge in [0.1, 0.15) is 13.2 Å². The third-order valence-corrected chi connectivity index (χ3v) is 11.9.